The number of rotatable bonds is 13. The second-order valence-corrected chi connectivity index (χ2v) is 11.0. The van der Waals surface area contributed by atoms with Gasteiger partial charge in [0, 0.05) is 17.8 Å². The summed E-state index contributed by atoms with van der Waals surface area (Å²) in [5, 5.41) is 92.3. The Morgan fingerprint density at radius 2 is 0.775 bits per heavy atom. The molecule has 9 N–H and O–H groups in total. The number of aliphatic hydroxyl groups excluding tert-OH is 9. The number of hydrogen-bond donors (Lipinski definition) is 9. The smallest absolute Gasteiger partial charge is 0.110 e. The molecule has 0 amide bonds. The molecule has 3 saturated heterocycles. The zero-order valence-electron chi connectivity index (χ0n) is 23.1. The third-order valence-electron chi connectivity index (χ3n) is 8.59. The Labute approximate surface area is 234 Å². The van der Waals surface area contributed by atoms with Crippen LogP contribution in [-0.2, 0) is 23.7 Å². The highest BCUT2D eigenvalue weighted by Crippen LogP contribution is 2.31. The minimum atomic E-state index is -1.41. The second-order valence-electron chi connectivity index (χ2n) is 11.0. The third kappa shape index (κ3) is 7.50. The van der Waals surface area contributed by atoms with Crippen molar-refractivity contribution < 1.29 is 69.6 Å². The Balaban J connectivity index is 1.51. The molecular formula is C26H48O14. The molecule has 0 radical (unpaired) electrons. The molecule has 0 aliphatic carbocycles. The molecule has 3 aliphatic rings. The van der Waals surface area contributed by atoms with E-state index in [0.717, 1.165) is 0 Å². The summed E-state index contributed by atoms with van der Waals surface area (Å²) < 4.78 is 28.5. The van der Waals surface area contributed by atoms with Gasteiger partial charge in [-0.1, -0.05) is 13.8 Å². The lowest BCUT2D eigenvalue weighted by Gasteiger charge is -2.44. The maximum Gasteiger partial charge on any atom is 0.110 e. The summed E-state index contributed by atoms with van der Waals surface area (Å²) in [6, 6.07) is 0. The summed E-state index contributed by atoms with van der Waals surface area (Å²) in [5.74, 6) is -2.01. The summed E-state index contributed by atoms with van der Waals surface area (Å²) >= 11 is 0. The molecule has 236 valence electrons. The van der Waals surface area contributed by atoms with Gasteiger partial charge in [-0.2, -0.15) is 0 Å². The van der Waals surface area contributed by atoms with Crippen molar-refractivity contribution in [1.29, 1.82) is 0 Å². The lowest BCUT2D eigenvalue weighted by Crippen LogP contribution is -2.59. The lowest BCUT2D eigenvalue weighted by molar-refractivity contribution is -0.245. The van der Waals surface area contributed by atoms with Gasteiger partial charge in [-0.25, -0.2) is 0 Å². The highest BCUT2D eigenvalue weighted by Gasteiger charge is 2.47. The van der Waals surface area contributed by atoms with Crippen molar-refractivity contribution in [3.63, 3.8) is 0 Å². The zero-order valence-corrected chi connectivity index (χ0v) is 23.1. The van der Waals surface area contributed by atoms with Gasteiger partial charge in [-0.3, -0.25) is 0 Å². The monoisotopic (exact) mass is 584 g/mol. The highest BCUT2D eigenvalue weighted by atomic mass is 16.6. The van der Waals surface area contributed by atoms with E-state index in [-0.39, 0.29) is 39.6 Å². The minimum Gasteiger partial charge on any atom is -0.394 e. The maximum absolute atomic E-state index is 10.8. The van der Waals surface area contributed by atoms with Crippen LogP contribution in [0, 0.1) is 17.8 Å². The van der Waals surface area contributed by atoms with E-state index < -0.39 is 97.6 Å². The Hall–Kier alpha value is -0.560. The first kappa shape index (κ1) is 33.9. The Morgan fingerprint density at radius 3 is 1.15 bits per heavy atom. The van der Waals surface area contributed by atoms with Crippen LogP contribution in [0.15, 0.2) is 0 Å². The molecule has 15 atom stereocenters. The summed E-state index contributed by atoms with van der Waals surface area (Å²) in [4.78, 5) is 0. The van der Waals surface area contributed by atoms with Crippen LogP contribution in [-0.4, -0.2) is 165 Å². The van der Waals surface area contributed by atoms with Crippen LogP contribution in [0.3, 0.4) is 0 Å². The highest BCUT2D eigenvalue weighted by molar-refractivity contribution is 4.95. The fourth-order valence-corrected chi connectivity index (χ4v) is 6.00. The van der Waals surface area contributed by atoms with Gasteiger partial charge in [0.25, 0.3) is 0 Å². The van der Waals surface area contributed by atoms with E-state index in [4.69, 9.17) is 23.7 Å². The summed E-state index contributed by atoms with van der Waals surface area (Å²) in [6.07, 6.45) is -11.4. The maximum atomic E-state index is 10.8. The quantitative estimate of drug-likeness (QED) is 0.101. The van der Waals surface area contributed by atoms with Crippen LogP contribution in [0.2, 0.25) is 0 Å². The molecule has 0 aromatic heterocycles. The fraction of sp³-hybridized carbons (Fsp3) is 1.00. The van der Waals surface area contributed by atoms with E-state index in [1.165, 1.54) is 0 Å². The Kier molecular flexibility index (Phi) is 13.4. The first-order chi connectivity index (χ1) is 19.1. The average molecular weight is 585 g/mol. The zero-order chi connectivity index (χ0) is 29.6. The van der Waals surface area contributed by atoms with Crippen LogP contribution in [0.1, 0.15) is 26.7 Å². The van der Waals surface area contributed by atoms with Crippen LogP contribution < -0.4 is 0 Å². The molecule has 14 nitrogen and oxygen atoms in total. The molecule has 3 fully saturated rings. The van der Waals surface area contributed by atoms with Crippen molar-refractivity contribution in [1.82, 2.24) is 0 Å². The van der Waals surface area contributed by atoms with Crippen LogP contribution >= 0.6 is 0 Å². The molecule has 0 bridgehead atoms. The van der Waals surface area contributed by atoms with Gasteiger partial charge in [0.05, 0.1) is 89.0 Å². The second kappa shape index (κ2) is 15.8. The van der Waals surface area contributed by atoms with Gasteiger partial charge < -0.3 is 69.6 Å². The molecular weight excluding hydrogens is 536 g/mol. The van der Waals surface area contributed by atoms with E-state index in [9.17, 15) is 46.0 Å². The van der Waals surface area contributed by atoms with Crippen molar-refractivity contribution in [3.05, 3.63) is 0 Å². The topological polar surface area (TPSA) is 228 Å². The van der Waals surface area contributed by atoms with Crippen LogP contribution in [0.25, 0.3) is 0 Å². The number of ether oxygens (including phenoxy) is 5. The lowest BCUT2D eigenvalue weighted by atomic mass is 9.85. The van der Waals surface area contributed by atoms with Gasteiger partial charge in [-0.15, -0.1) is 0 Å². The van der Waals surface area contributed by atoms with Crippen molar-refractivity contribution in [3.8, 4) is 0 Å². The predicted octanol–water partition coefficient (Wildman–Crippen LogP) is -3.87. The van der Waals surface area contributed by atoms with Gasteiger partial charge in [0.15, 0.2) is 0 Å². The van der Waals surface area contributed by atoms with Crippen molar-refractivity contribution >= 4 is 0 Å². The summed E-state index contributed by atoms with van der Waals surface area (Å²) in [7, 11) is 0. The van der Waals surface area contributed by atoms with Crippen molar-refractivity contribution in [2.24, 2.45) is 17.8 Å². The van der Waals surface area contributed by atoms with Crippen molar-refractivity contribution in [2.45, 2.75) is 99.9 Å². The molecule has 3 aliphatic heterocycles. The molecule has 0 aromatic carbocycles. The molecule has 3 rings (SSSR count). The molecule has 0 spiro atoms. The molecule has 14 heteroatoms. The summed E-state index contributed by atoms with van der Waals surface area (Å²) in [5.41, 5.74) is 0. The van der Waals surface area contributed by atoms with E-state index >= 15 is 0 Å². The minimum absolute atomic E-state index is 0.123. The van der Waals surface area contributed by atoms with Gasteiger partial charge in [-0.05, 0) is 12.8 Å². The van der Waals surface area contributed by atoms with E-state index in [0.29, 0.717) is 12.8 Å². The number of hydrogen-bond acceptors (Lipinski definition) is 14. The van der Waals surface area contributed by atoms with E-state index in [2.05, 4.69) is 0 Å². The first-order valence-corrected chi connectivity index (χ1v) is 14.2. The fourth-order valence-electron chi connectivity index (χ4n) is 6.00. The standard InChI is InChI=1S/C26H48O14/c1-3-12-16(5-27)39-19(25(34)21(12)30)10-37-9-14-18(7-29)40-20(26(35)23(14)32)11-36-8-13-17(6-28)38-15(4-2)24(33)22(13)31/h12-35H,3-11H2,1-2H3. The van der Waals surface area contributed by atoms with Crippen molar-refractivity contribution in [2.75, 3.05) is 46.2 Å². The van der Waals surface area contributed by atoms with Gasteiger partial charge in [0.2, 0.25) is 0 Å². The van der Waals surface area contributed by atoms with E-state index in [1.54, 1.807) is 6.92 Å². The van der Waals surface area contributed by atoms with Gasteiger partial charge >= 0.3 is 0 Å². The predicted molar refractivity (Wildman–Crippen MR) is 136 cm³/mol. The van der Waals surface area contributed by atoms with E-state index in [1.807, 2.05) is 6.92 Å². The molecule has 0 aromatic rings. The largest absolute Gasteiger partial charge is 0.394 e. The van der Waals surface area contributed by atoms with Gasteiger partial charge in [0.1, 0.15) is 30.5 Å². The summed E-state index contributed by atoms with van der Waals surface area (Å²) in [6.45, 7) is 1.74. The Bertz CT molecular complexity index is 726. The Morgan fingerprint density at radius 1 is 0.425 bits per heavy atom. The molecule has 0 saturated carbocycles. The molecule has 15 unspecified atom stereocenters. The SMILES string of the molecule is CCC1OC(CO)C(COCC2OC(CO)C(COCC3OC(CO)C(CC)C(O)C3O)C(O)C2O)C(O)C1O. The average Bonchev–Trinajstić information content (AvgIpc) is 2.96. The number of aliphatic hydroxyl groups is 9. The first-order valence-electron chi connectivity index (χ1n) is 14.2. The van der Waals surface area contributed by atoms with Crippen LogP contribution in [0.5, 0.6) is 0 Å². The third-order valence-corrected chi connectivity index (χ3v) is 8.59. The van der Waals surface area contributed by atoms with Crippen LogP contribution in [0.4, 0.5) is 0 Å². The molecule has 40 heavy (non-hydrogen) atoms. The normalized spacial score (nSPS) is 46.4. The molecule has 3 heterocycles.